The van der Waals surface area contributed by atoms with E-state index in [2.05, 4.69) is 0 Å². The van der Waals surface area contributed by atoms with Crippen LogP contribution in [0.1, 0.15) is 23.0 Å². The molecule has 0 spiro atoms. The van der Waals surface area contributed by atoms with Gasteiger partial charge in [0.2, 0.25) is 0 Å². The van der Waals surface area contributed by atoms with Crippen molar-refractivity contribution < 1.29 is 18.7 Å². The lowest BCUT2D eigenvalue weighted by molar-refractivity contribution is 0.0103. The van der Waals surface area contributed by atoms with Crippen molar-refractivity contribution in [1.29, 1.82) is 0 Å². The highest BCUT2D eigenvalue weighted by atomic mass is 19.3. The van der Waals surface area contributed by atoms with E-state index in [0.29, 0.717) is 10.9 Å². The monoisotopic (exact) mass is 239 g/mol. The van der Waals surface area contributed by atoms with Crippen LogP contribution in [-0.2, 0) is 13.0 Å². The van der Waals surface area contributed by atoms with Gasteiger partial charge in [0, 0.05) is 24.9 Å². The van der Waals surface area contributed by atoms with E-state index in [0.717, 1.165) is 6.92 Å². The molecule has 0 bridgehead atoms. The van der Waals surface area contributed by atoms with Gasteiger partial charge < -0.3 is 9.67 Å². The Balaban J connectivity index is 2.82. The number of hydrogen-bond donors (Lipinski definition) is 1. The summed E-state index contributed by atoms with van der Waals surface area (Å²) < 4.78 is 28.0. The number of nitrogens with zero attached hydrogens (tertiary/aromatic N) is 1. The van der Waals surface area contributed by atoms with Crippen LogP contribution in [0.25, 0.3) is 10.9 Å². The number of benzene rings is 1. The van der Waals surface area contributed by atoms with Gasteiger partial charge in [0.05, 0.1) is 11.3 Å². The molecule has 0 aliphatic rings. The molecular weight excluding hydrogens is 228 g/mol. The van der Waals surface area contributed by atoms with Crippen LogP contribution in [0.2, 0.25) is 0 Å². The molecule has 17 heavy (non-hydrogen) atoms. The van der Waals surface area contributed by atoms with E-state index in [-0.39, 0.29) is 11.3 Å². The standard InChI is InChI=1S/C12H11F2NO2/c1-12(13,14)10-6-8-7(11(16)17)4-3-5-9(8)15(10)2/h3-6H,1-2H3,(H,16,17). The lowest BCUT2D eigenvalue weighted by atomic mass is 10.1. The van der Waals surface area contributed by atoms with E-state index in [1.807, 2.05) is 0 Å². The minimum absolute atomic E-state index is 0.0357. The quantitative estimate of drug-likeness (QED) is 0.875. The third-order valence-corrected chi connectivity index (χ3v) is 2.77. The van der Waals surface area contributed by atoms with E-state index in [4.69, 9.17) is 5.11 Å². The van der Waals surface area contributed by atoms with Gasteiger partial charge in [-0.3, -0.25) is 0 Å². The summed E-state index contributed by atoms with van der Waals surface area (Å²) in [6, 6.07) is 5.81. The molecule has 1 aromatic carbocycles. The first-order chi connectivity index (χ1) is 7.82. The predicted molar refractivity (Wildman–Crippen MR) is 59.4 cm³/mol. The summed E-state index contributed by atoms with van der Waals surface area (Å²) in [5.41, 5.74) is 0.330. The van der Waals surface area contributed by atoms with Gasteiger partial charge in [0.15, 0.2) is 0 Å². The first kappa shape index (κ1) is 11.6. The third-order valence-electron chi connectivity index (χ3n) is 2.77. The summed E-state index contributed by atoms with van der Waals surface area (Å²) in [5.74, 6) is -4.11. The van der Waals surface area contributed by atoms with E-state index in [1.165, 1.54) is 23.7 Å². The molecule has 0 saturated heterocycles. The minimum Gasteiger partial charge on any atom is -0.478 e. The Labute approximate surface area is 96.3 Å². The van der Waals surface area contributed by atoms with Crippen LogP contribution in [0.3, 0.4) is 0 Å². The molecule has 0 saturated carbocycles. The number of alkyl halides is 2. The fraction of sp³-hybridized carbons (Fsp3) is 0.250. The Morgan fingerprint density at radius 1 is 1.41 bits per heavy atom. The summed E-state index contributed by atoms with van der Waals surface area (Å²) in [7, 11) is 1.50. The van der Waals surface area contributed by atoms with Crippen LogP contribution >= 0.6 is 0 Å². The van der Waals surface area contributed by atoms with Crippen LogP contribution in [0.4, 0.5) is 8.78 Å². The third kappa shape index (κ3) is 1.77. The topological polar surface area (TPSA) is 42.2 Å². The Morgan fingerprint density at radius 3 is 2.59 bits per heavy atom. The van der Waals surface area contributed by atoms with Gasteiger partial charge >= 0.3 is 5.97 Å². The Kier molecular flexibility index (Phi) is 2.41. The number of fused-ring (bicyclic) bond motifs is 1. The van der Waals surface area contributed by atoms with Crippen molar-refractivity contribution in [3.63, 3.8) is 0 Å². The first-order valence-corrected chi connectivity index (χ1v) is 5.02. The molecule has 0 unspecified atom stereocenters. The molecule has 0 radical (unpaired) electrons. The van der Waals surface area contributed by atoms with Gasteiger partial charge in [-0.2, -0.15) is 0 Å². The van der Waals surface area contributed by atoms with E-state index in [9.17, 15) is 13.6 Å². The van der Waals surface area contributed by atoms with E-state index in [1.54, 1.807) is 12.1 Å². The maximum Gasteiger partial charge on any atom is 0.336 e. The number of aromatic nitrogens is 1. The van der Waals surface area contributed by atoms with E-state index >= 15 is 0 Å². The average Bonchev–Trinajstić information content (AvgIpc) is 2.55. The van der Waals surface area contributed by atoms with Crippen molar-refractivity contribution in [2.75, 3.05) is 0 Å². The number of carboxylic acids is 1. The maximum absolute atomic E-state index is 13.3. The summed E-state index contributed by atoms with van der Waals surface area (Å²) >= 11 is 0. The second-order valence-corrected chi connectivity index (χ2v) is 4.02. The molecule has 0 amide bonds. The largest absolute Gasteiger partial charge is 0.478 e. The fourth-order valence-corrected chi connectivity index (χ4v) is 1.97. The number of aryl methyl sites for hydroxylation is 1. The Morgan fingerprint density at radius 2 is 2.06 bits per heavy atom. The van der Waals surface area contributed by atoms with Crippen LogP contribution in [-0.4, -0.2) is 15.6 Å². The fourth-order valence-electron chi connectivity index (χ4n) is 1.97. The van der Waals surface area contributed by atoms with Crippen molar-refractivity contribution in [2.45, 2.75) is 12.8 Å². The van der Waals surface area contributed by atoms with Gasteiger partial charge in [-0.25, -0.2) is 13.6 Å². The number of hydrogen-bond acceptors (Lipinski definition) is 1. The lowest BCUT2D eigenvalue weighted by Crippen LogP contribution is -2.12. The number of rotatable bonds is 2. The minimum atomic E-state index is -3.00. The molecule has 90 valence electrons. The zero-order chi connectivity index (χ0) is 12.8. The summed E-state index contributed by atoms with van der Waals surface area (Å²) in [4.78, 5) is 11.0. The molecule has 1 aromatic heterocycles. The van der Waals surface area contributed by atoms with Crippen molar-refractivity contribution >= 4 is 16.9 Å². The van der Waals surface area contributed by atoms with Crippen LogP contribution in [0.5, 0.6) is 0 Å². The summed E-state index contributed by atoms with van der Waals surface area (Å²) in [5, 5.41) is 9.32. The molecule has 1 N–H and O–H groups in total. The molecule has 2 aromatic rings. The number of carboxylic acid groups (broad SMARTS) is 1. The van der Waals surface area contributed by atoms with Crippen molar-refractivity contribution in [3.8, 4) is 0 Å². The molecular formula is C12H11F2NO2. The second-order valence-electron chi connectivity index (χ2n) is 4.02. The smallest absolute Gasteiger partial charge is 0.336 e. The van der Waals surface area contributed by atoms with Crippen molar-refractivity contribution in [2.24, 2.45) is 7.05 Å². The van der Waals surface area contributed by atoms with Crippen LogP contribution < -0.4 is 0 Å². The van der Waals surface area contributed by atoms with Gasteiger partial charge in [-0.15, -0.1) is 0 Å². The number of aromatic carboxylic acids is 1. The predicted octanol–water partition coefficient (Wildman–Crippen LogP) is 2.99. The van der Waals surface area contributed by atoms with Crippen molar-refractivity contribution in [1.82, 2.24) is 4.57 Å². The zero-order valence-electron chi connectivity index (χ0n) is 9.37. The number of halogens is 2. The summed E-state index contributed by atoms with van der Waals surface area (Å²) in [6.07, 6.45) is 0. The highest BCUT2D eigenvalue weighted by molar-refractivity contribution is 6.03. The van der Waals surface area contributed by atoms with Crippen LogP contribution in [0.15, 0.2) is 24.3 Å². The molecule has 0 atom stereocenters. The number of carbonyl (C=O) groups is 1. The van der Waals surface area contributed by atoms with Gasteiger partial charge in [0.25, 0.3) is 5.92 Å². The van der Waals surface area contributed by atoms with Gasteiger partial charge in [-0.1, -0.05) is 6.07 Å². The Bertz CT molecular complexity index is 596. The molecule has 0 aliphatic carbocycles. The molecule has 1 heterocycles. The second kappa shape index (κ2) is 3.55. The van der Waals surface area contributed by atoms with E-state index < -0.39 is 11.9 Å². The molecule has 5 heteroatoms. The zero-order valence-corrected chi connectivity index (χ0v) is 9.37. The lowest BCUT2D eigenvalue weighted by Gasteiger charge is -2.11. The first-order valence-electron chi connectivity index (χ1n) is 5.02. The molecule has 2 rings (SSSR count). The normalized spacial score (nSPS) is 12.0. The summed E-state index contributed by atoms with van der Waals surface area (Å²) in [6.45, 7) is 0.793. The van der Waals surface area contributed by atoms with Gasteiger partial charge in [-0.05, 0) is 18.2 Å². The maximum atomic E-state index is 13.3. The van der Waals surface area contributed by atoms with Crippen molar-refractivity contribution in [3.05, 3.63) is 35.5 Å². The average molecular weight is 239 g/mol. The molecule has 0 aliphatic heterocycles. The molecule has 0 fully saturated rings. The highest BCUT2D eigenvalue weighted by Gasteiger charge is 2.29. The Hall–Kier alpha value is -1.91. The van der Waals surface area contributed by atoms with Crippen LogP contribution in [0, 0.1) is 0 Å². The highest BCUT2D eigenvalue weighted by Crippen LogP contribution is 2.32. The molecule has 3 nitrogen and oxygen atoms in total. The SMILES string of the molecule is Cn1c(C(C)(F)F)cc2c(C(=O)O)cccc21. The van der Waals surface area contributed by atoms with Gasteiger partial charge in [0.1, 0.15) is 0 Å².